The molecule has 168 valence electrons. The molecule has 0 aromatic heterocycles. The molecule has 6 heteroatoms. The van der Waals surface area contributed by atoms with E-state index in [1.807, 2.05) is 45.9 Å². The van der Waals surface area contributed by atoms with Crippen molar-refractivity contribution in [1.29, 1.82) is 0 Å². The summed E-state index contributed by atoms with van der Waals surface area (Å²) in [5.41, 5.74) is 3.86. The number of para-hydroxylation sites is 2. The highest BCUT2D eigenvalue weighted by atomic mass is 19.1. The molecule has 3 aromatic carbocycles. The highest BCUT2D eigenvalue weighted by Gasteiger charge is 2.41. The normalized spacial score (nSPS) is 13.8. The Morgan fingerprint density at radius 1 is 0.879 bits per heavy atom. The molecule has 1 aliphatic rings. The molecule has 1 aliphatic heterocycles. The molecule has 0 unspecified atom stereocenters. The minimum absolute atomic E-state index is 0.139. The zero-order valence-corrected chi connectivity index (χ0v) is 19.0. The number of carbonyl (C=O) groups excluding carboxylic acids is 2. The smallest absolute Gasteiger partial charge is 0.282 e. The van der Waals surface area contributed by atoms with E-state index in [1.54, 1.807) is 24.3 Å². The van der Waals surface area contributed by atoms with Crippen LogP contribution in [0.25, 0.3) is 5.57 Å². The second-order valence-electron chi connectivity index (χ2n) is 8.21. The van der Waals surface area contributed by atoms with Crippen molar-refractivity contribution >= 4 is 28.8 Å². The zero-order chi connectivity index (χ0) is 23.7. The number of aryl methyl sites for hydroxylation is 1. The Morgan fingerprint density at radius 2 is 1.58 bits per heavy atom. The maximum absolute atomic E-state index is 13.7. The molecule has 3 aromatic rings. The van der Waals surface area contributed by atoms with Crippen LogP contribution in [0.1, 0.15) is 30.5 Å². The first-order valence-electron chi connectivity index (χ1n) is 10.8. The first kappa shape index (κ1) is 22.3. The van der Waals surface area contributed by atoms with Crippen LogP contribution in [-0.2, 0) is 9.59 Å². The average Bonchev–Trinajstić information content (AvgIpc) is 3.01. The lowest BCUT2D eigenvalue weighted by molar-refractivity contribution is -0.120. The second kappa shape index (κ2) is 8.90. The Bertz CT molecular complexity index is 1260. The number of anilines is 2. The Morgan fingerprint density at radius 3 is 2.27 bits per heavy atom. The number of carbonyl (C=O) groups is 2. The van der Waals surface area contributed by atoms with Gasteiger partial charge in [-0.3, -0.25) is 9.59 Å². The van der Waals surface area contributed by atoms with E-state index in [0.717, 1.165) is 21.7 Å². The maximum Gasteiger partial charge on any atom is 0.282 e. The maximum atomic E-state index is 13.7. The number of amides is 2. The van der Waals surface area contributed by atoms with Crippen LogP contribution in [0.4, 0.5) is 15.8 Å². The predicted molar refractivity (Wildman–Crippen MR) is 128 cm³/mol. The fourth-order valence-corrected chi connectivity index (χ4v) is 3.77. The third-order valence-electron chi connectivity index (χ3n) is 5.55. The number of nitrogens with zero attached hydrogens (tertiary/aromatic N) is 1. The van der Waals surface area contributed by atoms with Gasteiger partial charge in [0.1, 0.15) is 17.3 Å². The van der Waals surface area contributed by atoms with E-state index in [4.69, 9.17) is 4.74 Å². The molecular weight excluding hydrogens is 419 g/mol. The van der Waals surface area contributed by atoms with E-state index in [0.29, 0.717) is 17.0 Å². The van der Waals surface area contributed by atoms with Gasteiger partial charge in [-0.1, -0.05) is 36.4 Å². The van der Waals surface area contributed by atoms with Crippen molar-refractivity contribution in [3.05, 3.63) is 94.9 Å². The fraction of sp³-hybridized carbons (Fsp3) is 0.185. The van der Waals surface area contributed by atoms with Crippen LogP contribution in [-0.4, -0.2) is 17.9 Å². The van der Waals surface area contributed by atoms with Crippen molar-refractivity contribution in [3.8, 4) is 5.75 Å². The summed E-state index contributed by atoms with van der Waals surface area (Å²) in [5, 5.41) is 3.19. The molecule has 4 rings (SSSR count). The molecule has 5 nitrogen and oxygen atoms in total. The van der Waals surface area contributed by atoms with Gasteiger partial charge in [-0.2, -0.15) is 0 Å². The third kappa shape index (κ3) is 4.24. The molecule has 0 saturated heterocycles. The summed E-state index contributed by atoms with van der Waals surface area (Å²) < 4.78 is 19.5. The summed E-state index contributed by atoms with van der Waals surface area (Å²) in [5.74, 6) is -0.993. The molecule has 0 saturated carbocycles. The molecule has 0 bridgehead atoms. The quantitative estimate of drug-likeness (QED) is 0.501. The number of ether oxygens (including phenoxy) is 1. The van der Waals surface area contributed by atoms with Gasteiger partial charge in [0.25, 0.3) is 11.8 Å². The largest absolute Gasteiger partial charge is 0.489 e. The van der Waals surface area contributed by atoms with E-state index in [-0.39, 0.29) is 17.4 Å². The first-order chi connectivity index (χ1) is 15.8. The predicted octanol–water partition coefficient (Wildman–Crippen LogP) is 5.63. The molecule has 0 fully saturated rings. The summed E-state index contributed by atoms with van der Waals surface area (Å²) in [6.07, 6.45) is -0.143. The molecular formula is C27H25FN2O3. The van der Waals surface area contributed by atoms with Crippen molar-refractivity contribution in [2.75, 3.05) is 10.2 Å². The van der Waals surface area contributed by atoms with Crippen molar-refractivity contribution in [3.63, 3.8) is 0 Å². The topological polar surface area (TPSA) is 58.6 Å². The van der Waals surface area contributed by atoms with Gasteiger partial charge < -0.3 is 10.1 Å². The molecule has 1 N–H and O–H groups in total. The van der Waals surface area contributed by atoms with Crippen LogP contribution in [0.3, 0.4) is 0 Å². The van der Waals surface area contributed by atoms with Gasteiger partial charge in [-0.25, -0.2) is 9.29 Å². The van der Waals surface area contributed by atoms with Crippen molar-refractivity contribution in [2.45, 2.75) is 33.8 Å². The number of hydrogen-bond donors (Lipinski definition) is 1. The van der Waals surface area contributed by atoms with Crippen LogP contribution in [0.5, 0.6) is 5.75 Å². The number of nitrogens with one attached hydrogen (secondary N) is 1. The highest BCUT2D eigenvalue weighted by Crippen LogP contribution is 2.38. The first-order valence-corrected chi connectivity index (χ1v) is 10.8. The van der Waals surface area contributed by atoms with Crippen molar-refractivity contribution < 1.29 is 18.7 Å². The number of halogens is 1. The Labute approximate surface area is 192 Å². The lowest BCUT2D eigenvalue weighted by Crippen LogP contribution is -2.33. The van der Waals surface area contributed by atoms with E-state index < -0.39 is 17.6 Å². The van der Waals surface area contributed by atoms with E-state index in [9.17, 15) is 14.0 Å². The van der Waals surface area contributed by atoms with Gasteiger partial charge >= 0.3 is 0 Å². The van der Waals surface area contributed by atoms with Crippen LogP contribution in [0.2, 0.25) is 0 Å². The van der Waals surface area contributed by atoms with Gasteiger partial charge in [-0.15, -0.1) is 0 Å². The standard InChI is InChI=1S/C27H25FN2O3/c1-16(2)33-23-11-6-5-10-22(23)30-26(31)24(19-12-14-20(28)15-13-19)25(27(30)32)29-21-9-7-8-17(3)18(21)4/h5-16,29H,1-4H3. The van der Waals surface area contributed by atoms with Crippen LogP contribution < -0.4 is 15.0 Å². The summed E-state index contributed by atoms with van der Waals surface area (Å²) in [6.45, 7) is 7.67. The molecule has 1 heterocycles. The molecule has 33 heavy (non-hydrogen) atoms. The fourth-order valence-electron chi connectivity index (χ4n) is 3.77. The summed E-state index contributed by atoms with van der Waals surface area (Å²) >= 11 is 0. The number of rotatable bonds is 6. The van der Waals surface area contributed by atoms with Gasteiger partial charge in [0.2, 0.25) is 0 Å². The lowest BCUT2D eigenvalue weighted by atomic mass is 10.0. The molecule has 0 radical (unpaired) electrons. The number of hydrogen-bond acceptors (Lipinski definition) is 4. The third-order valence-corrected chi connectivity index (χ3v) is 5.55. The molecule has 0 aliphatic carbocycles. The van der Waals surface area contributed by atoms with E-state index >= 15 is 0 Å². The van der Waals surface area contributed by atoms with Gasteiger partial charge in [0.15, 0.2) is 0 Å². The Kier molecular flexibility index (Phi) is 6.01. The summed E-state index contributed by atoms with van der Waals surface area (Å²) in [6, 6.07) is 18.2. The van der Waals surface area contributed by atoms with Gasteiger partial charge in [0.05, 0.1) is 17.4 Å². The minimum atomic E-state index is -0.501. The zero-order valence-electron chi connectivity index (χ0n) is 19.0. The van der Waals surface area contributed by atoms with Gasteiger partial charge in [0, 0.05) is 5.69 Å². The number of imide groups is 1. The average molecular weight is 445 g/mol. The van der Waals surface area contributed by atoms with Crippen molar-refractivity contribution in [2.24, 2.45) is 0 Å². The number of benzene rings is 3. The van der Waals surface area contributed by atoms with E-state index in [2.05, 4.69) is 5.32 Å². The van der Waals surface area contributed by atoms with Crippen LogP contribution in [0.15, 0.2) is 72.4 Å². The SMILES string of the molecule is Cc1cccc(NC2=C(c3ccc(F)cc3)C(=O)N(c3ccccc3OC(C)C)C2=O)c1C. The van der Waals surface area contributed by atoms with Gasteiger partial charge in [-0.05, 0) is 74.7 Å². The molecule has 0 atom stereocenters. The summed E-state index contributed by atoms with van der Waals surface area (Å²) in [4.78, 5) is 28.4. The van der Waals surface area contributed by atoms with Crippen LogP contribution in [0, 0.1) is 19.7 Å². The minimum Gasteiger partial charge on any atom is -0.489 e. The molecule has 0 spiro atoms. The Hall–Kier alpha value is -3.93. The Balaban J connectivity index is 1.85. The van der Waals surface area contributed by atoms with Crippen molar-refractivity contribution in [1.82, 2.24) is 0 Å². The summed E-state index contributed by atoms with van der Waals surface area (Å²) in [7, 11) is 0. The highest BCUT2D eigenvalue weighted by molar-refractivity contribution is 6.46. The lowest BCUT2D eigenvalue weighted by Gasteiger charge is -2.20. The monoisotopic (exact) mass is 444 g/mol. The van der Waals surface area contributed by atoms with Crippen LogP contribution >= 0.6 is 0 Å². The van der Waals surface area contributed by atoms with E-state index in [1.165, 1.54) is 24.3 Å². The second-order valence-corrected chi connectivity index (χ2v) is 8.21. The molecule has 2 amide bonds.